The van der Waals surface area contributed by atoms with Crippen LogP contribution in [0, 0.1) is 5.82 Å². The highest BCUT2D eigenvalue weighted by molar-refractivity contribution is 7.14. The second-order valence-corrected chi connectivity index (χ2v) is 6.63. The average molecular weight is 384 g/mol. The molecule has 0 spiro atoms. The fraction of sp³-hybridized carbons (Fsp3) is 0.118. The first-order valence-corrected chi connectivity index (χ1v) is 8.78. The Morgan fingerprint density at radius 3 is 2.85 bits per heavy atom. The second kappa shape index (κ2) is 6.72. The lowest BCUT2D eigenvalue weighted by Crippen LogP contribution is -2.27. The highest BCUT2D eigenvalue weighted by Crippen LogP contribution is 2.25. The monoisotopic (exact) mass is 384 g/mol. The number of aromatic nitrogens is 5. The zero-order chi connectivity index (χ0) is 19.0. The van der Waals surface area contributed by atoms with Gasteiger partial charge in [0.2, 0.25) is 5.91 Å². The maximum Gasteiger partial charge on any atom is 0.264 e. The molecule has 136 valence electrons. The first kappa shape index (κ1) is 17.0. The smallest absolute Gasteiger partial charge is 0.264 e. The van der Waals surface area contributed by atoms with E-state index in [-0.39, 0.29) is 17.9 Å². The first-order chi connectivity index (χ1) is 13.0. The Bertz CT molecular complexity index is 1190. The molecule has 0 aliphatic carbocycles. The fourth-order valence-electron chi connectivity index (χ4n) is 2.58. The number of benzene rings is 1. The third kappa shape index (κ3) is 3.34. The van der Waals surface area contributed by atoms with Crippen LogP contribution in [0.4, 0.5) is 9.52 Å². The molecule has 1 N–H and O–H groups in total. The van der Waals surface area contributed by atoms with Gasteiger partial charge in [-0.3, -0.25) is 18.8 Å². The van der Waals surface area contributed by atoms with Crippen LogP contribution in [0.5, 0.6) is 0 Å². The number of carbonyl (C=O) groups excluding carboxylic acids is 1. The van der Waals surface area contributed by atoms with Gasteiger partial charge in [-0.2, -0.15) is 5.10 Å². The molecule has 0 radical (unpaired) electrons. The lowest BCUT2D eigenvalue weighted by Gasteiger charge is -2.05. The molecular weight excluding hydrogens is 371 g/mol. The molecule has 3 heterocycles. The Morgan fingerprint density at radius 2 is 2.07 bits per heavy atom. The lowest BCUT2D eigenvalue weighted by atomic mass is 10.2. The van der Waals surface area contributed by atoms with Gasteiger partial charge in [0.25, 0.3) is 5.56 Å². The number of aryl methyl sites for hydroxylation is 1. The molecule has 8 nitrogen and oxygen atoms in total. The molecule has 0 saturated heterocycles. The lowest BCUT2D eigenvalue weighted by molar-refractivity contribution is -0.116. The molecule has 4 aromatic rings. The van der Waals surface area contributed by atoms with Crippen LogP contribution in [0.2, 0.25) is 0 Å². The Morgan fingerprint density at radius 1 is 1.30 bits per heavy atom. The molecule has 1 aromatic carbocycles. The van der Waals surface area contributed by atoms with Gasteiger partial charge in [-0.05, 0) is 24.3 Å². The van der Waals surface area contributed by atoms with Gasteiger partial charge in [0.15, 0.2) is 10.8 Å². The van der Waals surface area contributed by atoms with Gasteiger partial charge < -0.3 is 5.32 Å². The van der Waals surface area contributed by atoms with Crippen LogP contribution < -0.4 is 10.9 Å². The summed E-state index contributed by atoms with van der Waals surface area (Å²) in [6.07, 6.45) is 2.74. The number of nitrogens with zero attached hydrogens (tertiary/aromatic N) is 5. The SMILES string of the molecule is Cn1ncc2c(=O)n(CC(=O)Nc3nc(-c4ccc(F)cc4)cs3)cnc21. The quantitative estimate of drug-likeness (QED) is 0.581. The summed E-state index contributed by atoms with van der Waals surface area (Å²) in [5.41, 5.74) is 1.50. The molecule has 1 amide bonds. The summed E-state index contributed by atoms with van der Waals surface area (Å²) in [6.45, 7) is -0.192. The van der Waals surface area contributed by atoms with E-state index in [1.807, 2.05) is 0 Å². The Kier molecular flexibility index (Phi) is 4.24. The van der Waals surface area contributed by atoms with Gasteiger partial charge in [-0.25, -0.2) is 14.4 Å². The predicted molar refractivity (Wildman–Crippen MR) is 98.9 cm³/mol. The van der Waals surface area contributed by atoms with E-state index in [9.17, 15) is 14.0 Å². The molecule has 0 atom stereocenters. The van der Waals surface area contributed by atoms with E-state index in [0.717, 1.165) is 5.56 Å². The highest BCUT2D eigenvalue weighted by atomic mass is 32.1. The predicted octanol–water partition coefficient (Wildman–Crippen LogP) is 2.03. The number of hydrogen-bond donors (Lipinski definition) is 1. The van der Waals surface area contributed by atoms with E-state index in [0.29, 0.717) is 21.9 Å². The summed E-state index contributed by atoms with van der Waals surface area (Å²) >= 11 is 1.24. The van der Waals surface area contributed by atoms with Crippen molar-refractivity contribution >= 4 is 33.4 Å². The molecule has 0 unspecified atom stereocenters. The number of fused-ring (bicyclic) bond motifs is 1. The number of thiazole rings is 1. The summed E-state index contributed by atoms with van der Waals surface area (Å²) in [5, 5.41) is 9.15. The molecule has 0 aliphatic rings. The molecule has 10 heteroatoms. The summed E-state index contributed by atoms with van der Waals surface area (Å²) in [6, 6.07) is 5.93. The van der Waals surface area contributed by atoms with Crippen molar-refractivity contribution in [2.24, 2.45) is 7.05 Å². The van der Waals surface area contributed by atoms with Crippen molar-refractivity contribution < 1.29 is 9.18 Å². The Labute approximate surface area is 155 Å². The molecule has 0 bridgehead atoms. The minimum atomic E-state index is -0.401. The topological polar surface area (TPSA) is 94.7 Å². The maximum atomic E-state index is 13.0. The summed E-state index contributed by atoms with van der Waals surface area (Å²) in [5.74, 6) is -0.728. The van der Waals surface area contributed by atoms with Gasteiger partial charge >= 0.3 is 0 Å². The van der Waals surface area contributed by atoms with Crippen molar-refractivity contribution in [1.29, 1.82) is 0 Å². The van der Waals surface area contributed by atoms with E-state index in [4.69, 9.17) is 0 Å². The van der Waals surface area contributed by atoms with Crippen LogP contribution >= 0.6 is 11.3 Å². The molecule has 4 rings (SSSR count). The van der Waals surface area contributed by atoms with E-state index >= 15 is 0 Å². The summed E-state index contributed by atoms with van der Waals surface area (Å²) in [7, 11) is 1.69. The Balaban J connectivity index is 1.49. The van der Waals surface area contributed by atoms with Crippen molar-refractivity contribution in [3.8, 4) is 11.3 Å². The van der Waals surface area contributed by atoms with Crippen molar-refractivity contribution in [2.75, 3.05) is 5.32 Å². The molecule has 0 aliphatic heterocycles. The number of anilines is 1. The van der Waals surface area contributed by atoms with Crippen LogP contribution in [0.1, 0.15) is 0 Å². The largest absolute Gasteiger partial charge is 0.300 e. The van der Waals surface area contributed by atoms with Crippen LogP contribution in [0.3, 0.4) is 0 Å². The standard InChI is InChI=1S/C17H13FN6O2S/c1-23-15-12(6-20-23)16(26)24(9-19-15)7-14(25)22-17-21-13(8-27-17)10-2-4-11(18)5-3-10/h2-6,8-9H,7H2,1H3,(H,21,22,25). The fourth-order valence-corrected chi connectivity index (χ4v) is 3.31. The average Bonchev–Trinajstić information content (AvgIpc) is 3.25. The highest BCUT2D eigenvalue weighted by Gasteiger charge is 2.12. The minimum Gasteiger partial charge on any atom is -0.300 e. The normalized spacial score (nSPS) is 11.0. The minimum absolute atomic E-state index is 0.192. The van der Waals surface area contributed by atoms with Gasteiger partial charge in [0, 0.05) is 18.0 Å². The van der Waals surface area contributed by atoms with Crippen molar-refractivity contribution in [2.45, 2.75) is 6.54 Å². The third-order valence-electron chi connectivity index (χ3n) is 3.92. The second-order valence-electron chi connectivity index (χ2n) is 5.78. The van der Waals surface area contributed by atoms with Crippen LogP contribution in [-0.2, 0) is 18.4 Å². The zero-order valence-electron chi connectivity index (χ0n) is 14.1. The van der Waals surface area contributed by atoms with E-state index in [1.54, 1.807) is 24.6 Å². The number of amides is 1. The molecule has 0 saturated carbocycles. The summed E-state index contributed by atoms with van der Waals surface area (Å²) < 4.78 is 15.7. The molecule has 3 aromatic heterocycles. The molecule has 0 fully saturated rings. The van der Waals surface area contributed by atoms with Gasteiger partial charge in [-0.15, -0.1) is 11.3 Å². The van der Waals surface area contributed by atoms with Gasteiger partial charge in [0.05, 0.1) is 11.9 Å². The van der Waals surface area contributed by atoms with Crippen LogP contribution in [0.25, 0.3) is 22.3 Å². The van der Waals surface area contributed by atoms with Gasteiger partial charge in [0.1, 0.15) is 24.1 Å². The third-order valence-corrected chi connectivity index (χ3v) is 4.68. The first-order valence-electron chi connectivity index (χ1n) is 7.90. The van der Waals surface area contributed by atoms with E-state index in [1.165, 1.54) is 45.2 Å². The van der Waals surface area contributed by atoms with E-state index < -0.39 is 5.91 Å². The van der Waals surface area contributed by atoms with Crippen molar-refractivity contribution in [3.05, 3.63) is 58.3 Å². The van der Waals surface area contributed by atoms with Crippen molar-refractivity contribution in [3.63, 3.8) is 0 Å². The number of nitrogens with one attached hydrogen (secondary N) is 1. The van der Waals surface area contributed by atoms with Crippen LogP contribution in [-0.4, -0.2) is 30.2 Å². The van der Waals surface area contributed by atoms with Gasteiger partial charge in [-0.1, -0.05) is 0 Å². The number of rotatable bonds is 4. The molecule has 27 heavy (non-hydrogen) atoms. The molecular formula is C17H13FN6O2S. The number of carbonyl (C=O) groups is 1. The number of hydrogen-bond acceptors (Lipinski definition) is 6. The van der Waals surface area contributed by atoms with E-state index in [2.05, 4.69) is 20.4 Å². The van der Waals surface area contributed by atoms with Crippen molar-refractivity contribution in [1.82, 2.24) is 24.3 Å². The maximum absolute atomic E-state index is 13.0. The Hall–Kier alpha value is -3.40. The zero-order valence-corrected chi connectivity index (χ0v) is 14.9. The summed E-state index contributed by atoms with van der Waals surface area (Å²) in [4.78, 5) is 33.1. The van der Waals surface area contributed by atoms with Crippen LogP contribution in [0.15, 0.2) is 47.0 Å². The number of halogens is 1.